The lowest BCUT2D eigenvalue weighted by Crippen LogP contribution is -2.43. The van der Waals surface area contributed by atoms with Crippen molar-refractivity contribution in [2.24, 2.45) is 5.92 Å². The fraction of sp³-hybridized carbons (Fsp3) is 0.450. The van der Waals surface area contributed by atoms with Gasteiger partial charge in [-0.15, -0.1) is 0 Å². The summed E-state index contributed by atoms with van der Waals surface area (Å²) in [5.74, 6) is -1.06. The second-order valence-electron chi connectivity index (χ2n) is 7.15. The van der Waals surface area contributed by atoms with Crippen molar-refractivity contribution in [1.29, 1.82) is 0 Å². The van der Waals surface area contributed by atoms with E-state index in [2.05, 4.69) is 5.32 Å². The second-order valence-corrected chi connectivity index (χ2v) is 7.15. The maximum atomic E-state index is 12.2. The molecule has 0 saturated heterocycles. The molecule has 0 fully saturated rings. The molecule has 0 spiro atoms. The van der Waals surface area contributed by atoms with E-state index in [1.54, 1.807) is 26.0 Å². The van der Waals surface area contributed by atoms with Crippen molar-refractivity contribution in [3.63, 3.8) is 0 Å². The molecule has 0 bridgehead atoms. The number of hydrogen-bond donors (Lipinski definition) is 2. The summed E-state index contributed by atoms with van der Waals surface area (Å²) in [6, 6.07) is 2.53. The van der Waals surface area contributed by atoms with Crippen LogP contribution in [0.25, 0.3) is 11.0 Å². The lowest BCUT2D eigenvalue weighted by Gasteiger charge is -2.17. The number of carboxylic acids is 1. The Morgan fingerprint density at radius 1 is 1.19 bits per heavy atom. The van der Waals surface area contributed by atoms with Gasteiger partial charge < -0.3 is 19.6 Å². The van der Waals surface area contributed by atoms with E-state index in [4.69, 9.17) is 9.15 Å². The zero-order valence-corrected chi connectivity index (χ0v) is 16.2. The molecule has 0 radical (unpaired) electrons. The van der Waals surface area contributed by atoms with Crippen LogP contribution in [0.5, 0.6) is 5.75 Å². The fourth-order valence-electron chi connectivity index (χ4n) is 2.87. The highest BCUT2D eigenvalue weighted by Gasteiger charge is 2.21. The summed E-state index contributed by atoms with van der Waals surface area (Å²) in [6.07, 6.45) is 0.331. The third-order valence-electron chi connectivity index (χ3n) is 4.36. The molecule has 1 aromatic carbocycles. The van der Waals surface area contributed by atoms with Crippen LogP contribution in [0, 0.1) is 26.7 Å². The summed E-state index contributed by atoms with van der Waals surface area (Å²) in [5.41, 5.74) is 1.99. The highest BCUT2D eigenvalue weighted by atomic mass is 16.5. The van der Waals surface area contributed by atoms with Gasteiger partial charge in [-0.3, -0.25) is 4.79 Å². The van der Waals surface area contributed by atoms with Crippen LogP contribution < -0.4 is 15.7 Å². The third kappa shape index (κ3) is 4.87. The molecule has 2 rings (SSSR count). The minimum Gasteiger partial charge on any atom is -0.483 e. The van der Waals surface area contributed by atoms with Crippen molar-refractivity contribution in [3.05, 3.63) is 39.2 Å². The normalized spacial score (nSPS) is 12.2. The SMILES string of the molecule is Cc1cc(OCC(=O)N[C@@H](CC(C)C)C(=O)O)c2c(C)c(C)c(=O)oc2c1. The molecule has 0 saturated carbocycles. The van der Waals surface area contributed by atoms with Crippen LogP contribution in [0.3, 0.4) is 0 Å². The number of carboxylic acid groups (broad SMARTS) is 1. The molecule has 7 heteroatoms. The molecule has 2 N–H and O–H groups in total. The van der Waals surface area contributed by atoms with E-state index >= 15 is 0 Å². The maximum absolute atomic E-state index is 12.2. The van der Waals surface area contributed by atoms with Crippen molar-refractivity contribution >= 4 is 22.8 Å². The Hall–Kier alpha value is -2.83. The molecule has 7 nitrogen and oxygen atoms in total. The molecule has 0 unspecified atom stereocenters. The van der Waals surface area contributed by atoms with Crippen LogP contribution >= 0.6 is 0 Å². The molecule has 1 aromatic heterocycles. The van der Waals surface area contributed by atoms with Crippen molar-refractivity contribution in [1.82, 2.24) is 5.32 Å². The first-order chi connectivity index (χ1) is 12.6. The van der Waals surface area contributed by atoms with Gasteiger partial charge in [0.05, 0.1) is 5.39 Å². The maximum Gasteiger partial charge on any atom is 0.339 e. The highest BCUT2D eigenvalue weighted by molar-refractivity contribution is 5.89. The lowest BCUT2D eigenvalue weighted by atomic mass is 10.0. The summed E-state index contributed by atoms with van der Waals surface area (Å²) >= 11 is 0. The van der Waals surface area contributed by atoms with Crippen LogP contribution in [-0.4, -0.2) is 29.6 Å². The van der Waals surface area contributed by atoms with Gasteiger partial charge in [-0.25, -0.2) is 9.59 Å². The minimum absolute atomic E-state index is 0.126. The van der Waals surface area contributed by atoms with Crippen LogP contribution in [0.1, 0.15) is 37.0 Å². The quantitative estimate of drug-likeness (QED) is 0.721. The van der Waals surface area contributed by atoms with Crippen molar-refractivity contribution < 1.29 is 23.8 Å². The number of amides is 1. The Morgan fingerprint density at radius 3 is 2.44 bits per heavy atom. The summed E-state index contributed by atoms with van der Waals surface area (Å²) < 4.78 is 11.0. The predicted octanol–water partition coefficient (Wildman–Crippen LogP) is 2.71. The molecule has 146 valence electrons. The van der Waals surface area contributed by atoms with Gasteiger partial charge in [0.2, 0.25) is 0 Å². The van der Waals surface area contributed by atoms with Crippen LogP contribution in [0.15, 0.2) is 21.3 Å². The molecule has 27 heavy (non-hydrogen) atoms. The van der Waals surface area contributed by atoms with Crippen LogP contribution in [0.4, 0.5) is 0 Å². The molecule has 1 amide bonds. The number of ether oxygens (including phenoxy) is 1. The zero-order chi connectivity index (χ0) is 20.3. The lowest BCUT2D eigenvalue weighted by molar-refractivity contribution is -0.142. The van der Waals surface area contributed by atoms with Gasteiger partial charge in [0.1, 0.15) is 17.4 Å². The predicted molar refractivity (Wildman–Crippen MR) is 101 cm³/mol. The van der Waals surface area contributed by atoms with E-state index in [0.29, 0.717) is 28.7 Å². The number of aliphatic carboxylic acids is 1. The number of carbonyl (C=O) groups excluding carboxylic acids is 1. The molecule has 0 aliphatic carbocycles. The van der Waals surface area contributed by atoms with Gasteiger partial charge >= 0.3 is 11.6 Å². The van der Waals surface area contributed by atoms with E-state index in [1.165, 1.54) is 0 Å². The second kappa shape index (κ2) is 8.24. The standard InChI is InChI=1S/C20H25NO6/c1-10(2)6-14(19(23)24)21-17(22)9-26-15-7-11(3)8-16-18(15)12(4)13(5)20(25)27-16/h7-8,10,14H,6,9H2,1-5H3,(H,21,22)(H,23,24)/t14-/m0/s1. The fourth-order valence-corrected chi connectivity index (χ4v) is 2.87. The largest absolute Gasteiger partial charge is 0.483 e. The average Bonchev–Trinajstić information content (AvgIpc) is 2.56. The number of aryl methyl sites for hydroxylation is 2. The molecule has 2 aromatic rings. The van der Waals surface area contributed by atoms with E-state index in [0.717, 1.165) is 11.1 Å². The van der Waals surface area contributed by atoms with Gasteiger partial charge in [0.25, 0.3) is 5.91 Å². The summed E-state index contributed by atoms with van der Waals surface area (Å²) in [6.45, 7) is 8.72. The van der Waals surface area contributed by atoms with E-state index in [9.17, 15) is 19.5 Å². The Balaban J connectivity index is 2.24. The minimum atomic E-state index is -1.08. The summed E-state index contributed by atoms with van der Waals surface area (Å²) in [4.78, 5) is 35.3. The number of nitrogens with one attached hydrogen (secondary N) is 1. The topological polar surface area (TPSA) is 106 Å². The van der Waals surface area contributed by atoms with Crippen molar-refractivity contribution in [3.8, 4) is 5.75 Å². The number of fused-ring (bicyclic) bond motifs is 1. The van der Waals surface area contributed by atoms with Gasteiger partial charge in [-0.2, -0.15) is 0 Å². The third-order valence-corrected chi connectivity index (χ3v) is 4.36. The smallest absolute Gasteiger partial charge is 0.339 e. The molecular formula is C20H25NO6. The van der Waals surface area contributed by atoms with Gasteiger partial charge in [-0.05, 0) is 56.4 Å². The Morgan fingerprint density at radius 2 is 1.85 bits per heavy atom. The Kier molecular flexibility index (Phi) is 6.25. The van der Waals surface area contributed by atoms with Crippen molar-refractivity contribution in [2.75, 3.05) is 6.61 Å². The Labute approximate surface area is 157 Å². The number of rotatable bonds is 7. The van der Waals surface area contributed by atoms with Crippen LogP contribution in [0.2, 0.25) is 0 Å². The first kappa shape index (κ1) is 20.5. The molecular weight excluding hydrogens is 350 g/mol. The number of carbonyl (C=O) groups is 2. The monoisotopic (exact) mass is 375 g/mol. The Bertz CT molecular complexity index is 928. The van der Waals surface area contributed by atoms with E-state index in [-0.39, 0.29) is 12.5 Å². The first-order valence-corrected chi connectivity index (χ1v) is 8.79. The first-order valence-electron chi connectivity index (χ1n) is 8.79. The zero-order valence-electron chi connectivity index (χ0n) is 16.2. The summed E-state index contributed by atoms with van der Waals surface area (Å²) in [7, 11) is 0. The number of hydrogen-bond acceptors (Lipinski definition) is 5. The average molecular weight is 375 g/mol. The summed E-state index contributed by atoms with van der Waals surface area (Å²) in [5, 5.41) is 12.3. The molecule has 1 atom stereocenters. The van der Waals surface area contributed by atoms with Crippen molar-refractivity contribution in [2.45, 2.75) is 47.1 Å². The van der Waals surface area contributed by atoms with Crippen LogP contribution in [-0.2, 0) is 9.59 Å². The highest BCUT2D eigenvalue weighted by Crippen LogP contribution is 2.30. The van der Waals surface area contributed by atoms with E-state index in [1.807, 2.05) is 20.8 Å². The molecule has 0 aliphatic rings. The van der Waals surface area contributed by atoms with E-state index < -0.39 is 23.5 Å². The molecule has 1 heterocycles. The van der Waals surface area contributed by atoms with Gasteiger partial charge in [0.15, 0.2) is 6.61 Å². The number of benzene rings is 1. The van der Waals surface area contributed by atoms with Gasteiger partial charge in [-0.1, -0.05) is 13.8 Å². The molecule has 0 aliphatic heterocycles. The van der Waals surface area contributed by atoms with Gasteiger partial charge in [0, 0.05) is 5.56 Å².